The third-order valence-corrected chi connectivity index (χ3v) is 4.79. The van der Waals surface area contributed by atoms with Gasteiger partial charge in [0.25, 0.3) is 0 Å². The van der Waals surface area contributed by atoms with Crippen LogP contribution in [0.1, 0.15) is 33.6 Å². The Balaban J connectivity index is 1.91. The average molecular weight is 283 g/mol. The number of aromatic nitrogens is 2. The third kappa shape index (κ3) is 3.57. The van der Waals surface area contributed by atoms with Crippen LogP contribution in [0.4, 0.5) is 10.3 Å². The number of likely N-dealkylation sites (tertiary alicyclic amines) is 1. The summed E-state index contributed by atoms with van der Waals surface area (Å²) < 4.78 is 0. The highest BCUT2D eigenvalue weighted by molar-refractivity contribution is 7.19. The number of hydrogen-bond donors (Lipinski definition) is 1. The molecule has 1 fully saturated rings. The zero-order chi connectivity index (χ0) is 13.8. The smallest absolute Gasteiger partial charge is 0.209 e. The molecular formula is C13H25N5S. The fourth-order valence-corrected chi connectivity index (χ4v) is 3.37. The van der Waals surface area contributed by atoms with Crippen molar-refractivity contribution < 1.29 is 0 Å². The molecule has 1 N–H and O–H groups in total. The largest absolute Gasteiger partial charge is 0.360 e. The van der Waals surface area contributed by atoms with Gasteiger partial charge in [-0.15, -0.1) is 10.2 Å². The van der Waals surface area contributed by atoms with Gasteiger partial charge in [-0.05, 0) is 33.6 Å². The van der Waals surface area contributed by atoms with Gasteiger partial charge in [-0.3, -0.25) is 0 Å². The lowest BCUT2D eigenvalue weighted by Crippen LogP contribution is -2.45. The molecule has 2 heterocycles. The Bertz CT molecular complexity index is 384. The van der Waals surface area contributed by atoms with Crippen LogP contribution in [0.15, 0.2) is 0 Å². The summed E-state index contributed by atoms with van der Waals surface area (Å²) in [7, 11) is 2.14. The molecule has 108 valence electrons. The maximum absolute atomic E-state index is 4.28. The van der Waals surface area contributed by atoms with E-state index in [-0.39, 0.29) is 0 Å². The standard InChI is InChI=1S/C13H25N5S/c1-5-14-12-15-16-13(19-12)17(4)11-6-8-18(9-7-11)10(2)3/h10-11H,5-9H2,1-4H3,(H,14,15). The van der Waals surface area contributed by atoms with E-state index in [1.807, 2.05) is 0 Å². The number of anilines is 2. The molecule has 1 saturated heterocycles. The SMILES string of the molecule is CCNc1nnc(N(C)C2CCN(C(C)C)CC2)s1. The fraction of sp³-hybridized carbons (Fsp3) is 0.846. The van der Waals surface area contributed by atoms with Crippen molar-refractivity contribution >= 4 is 21.6 Å². The summed E-state index contributed by atoms with van der Waals surface area (Å²) >= 11 is 1.65. The molecule has 0 amide bonds. The van der Waals surface area contributed by atoms with Crippen LogP contribution in [0.3, 0.4) is 0 Å². The number of piperidine rings is 1. The van der Waals surface area contributed by atoms with Crippen molar-refractivity contribution in [3.63, 3.8) is 0 Å². The molecule has 0 atom stereocenters. The van der Waals surface area contributed by atoms with Crippen LogP contribution in [0, 0.1) is 0 Å². The van der Waals surface area contributed by atoms with E-state index in [2.05, 4.69) is 53.1 Å². The van der Waals surface area contributed by atoms with E-state index in [0.29, 0.717) is 12.1 Å². The molecule has 0 saturated carbocycles. The Morgan fingerprint density at radius 2 is 2.05 bits per heavy atom. The minimum atomic E-state index is 0.595. The van der Waals surface area contributed by atoms with Gasteiger partial charge in [0.15, 0.2) is 0 Å². The molecule has 5 nitrogen and oxygen atoms in total. The molecule has 0 unspecified atom stereocenters. The average Bonchev–Trinajstić information content (AvgIpc) is 2.87. The minimum Gasteiger partial charge on any atom is -0.360 e. The molecule has 1 aromatic rings. The van der Waals surface area contributed by atoms with Crippen LogP contribution >= 0.6 is 11.3 Å². The first kappa shape index (κ1) is 14.5. The van der Waals surface area contributed by atoms with Gasteiger partial charge in [0.1, 0.15) is 0 Å². The predicted octanol–water partition coefficient (Wildman–Crippen LogP) is 2.28. The van der Waals surface area contributed by atoms with Crippen molar-refractivity contribution in [1.29, 1.82) is 0 Å². The van der Waals surface area contributed by atoms with Crippen LogP contribution in [0.5, 0.6) is 0 Å². The molecule has 2 rings (SSSR count). The van der Waals surface area contributed by atoms with E-state index in [0.717, 1.165) is 16.8 Å². The van der Waals surface area contributed by atoms with E-state index in [4.69, 9.17) is 0 Å². The monoisotopic (exact) mass is 283 g/mol. The quantitative estimate of drug-likeness (QED) is 0.898. The van der Waals surface area contributed by atoms with Crippen molar-refractivity contribution in [2.75, 3.05) is 36.9 Å². The van der Waals surface area contributed by atoms with Gasteiger partial charge in [-0.2, -0.15) is 0 Å². The molecule has 1 aromatic heterocycles. The van der Waals surface area contributed by atoms with E-state index < -0.39 is 0 Å². The van der Waals surface area contributed by atoms with E-state index >= 15 is 0 Å². The number of nitrogens with one attached hydrogen (secondary N) is 1. The molecule has 0 aliphatic carbocycles. The second-order valence-electron chi connectivity index (χ2n) is 5.39. The van der Waals surface area contributed by atoms with Crippen molar-refractivity contribution in [3.05, 3.63) is 0 Å². The Labute approximate surface area is 120 Å². The van der Waals surface area contributed by atoms with Crippen molar-refractivity contribution in [1.82, 2.24) is 15.1 Å². The molecule has 1 aliphatic rings. The first-order chi connectivity index (χ1) is 9.11. The van der Waals surface area contributed by atoms with Crippen LogP contribution in [-0.4, -0.2) is 53.9 Å². The lowest BCUT2D eigenvalue weighted by atomic mass is 10.0. The lowest BCUT2D eigenvalue weighted by Gasteiger charge is -2.38. The highest BCUT2D eigenvalue weighted by Crippen LogP contribution is 2.27. The Morgan fingerprint density at radius 3 is 2.63 bits per heavy atom. The maximum atomic E-state index is 4.28. The molecular weight excluding hydrogens is 258 g/mol. The summed E-state index contributed by atoms with van der Waals surface area (Å²) in [5.74, 6) is 0. The summed E-state index contributed by atoms with van der Waals surface area (Å²) in [5.41, 5.74) is 0. The van der Waals surface area contributed by atoms with E-state index in [9.17, 15) is 0 Å². The lowest BCUT2D eigenvalue weighted by molar-refractivity contribution is 0.171. The summed E-state index contributed by atoms with van der Waals surface area (Å²) in [5, 5.41) is 13.6. The zero-order valence-corrected chi connectivity index (χ0v) is 13.2. The zero-order valence-electron chi connectivity index (χ0n) is 12.4. The Hall–Kier alpha value is -0.880. The van der Waals surface area contributed by atoms with Crippen molar-refractivity contribution in [2.24, 2.45) is 0 Å². The number of rotatable bonds is 5. The van der Waals surface area contributed by atoms with Gasteiger partial charge in [0.2, 0.25) is 10.3 Å². The molecule has 0 aromatic carbocycles. The van der Waals surface area contributed by atoms with Gasteiger partial charge < -0.3 is 15.1 Å². The highest BCUT2D eigenvalue weighted by atomic mass is 32.1. The number of hydrogen-bond acceptors (Lipinski definition) is 6. The van der Waals surface area contributed by atoms with Gasteiger partial charge >= 0.3 is 0 Å². The predicted molar refractivity (Wildman–Crippen MR) is 82.2 cm³/mol. The number of nitrogens with zero attached hydrogens (tertiary/aromatic N) is 4. The molecule has 0 bridgehead atoms. The van der Waals surface area contributed by atoms with Crippen LogP contribution < -0.4 is 10.2 Å². The van der Waals surface area contributed by atoms with Gasteiger partial charge in [0.05, 0.1) is 0 Å². The van der Waals surface area contributed by atoms with Gasteiger partial charge in [-0.1, -0.05) is 11.3 Å². The highest BCUT2D eigenvalue weighted by Gasteiger charge is 2.25. The molecule has 1 aliphatic heterocycles. The van der Waals surface area contributed by atoms with Crippen LogP contribution in [-0.2, 0) is 0 Å². The fourth-order valence-electron chi connectivity index (χ4n) is 2.53. The molecule has 0 spiro atoms. The van der Waals surface area contributed by atoms with Crippen molar-refractivity contribution in [2.45, 2.75) is 45.7 Å². The second kappa shape index (κ2) is 6.52. The van der Waals surface area contributed by atoms with Gasteiger partial charge in [0, 0.05) is 38.8 Å². The van der Waals surface area contributed by atoms with E-state index in [1.54, 1.807) is 11.3 Å². The Morgan fingerprint density at radius 1 is 1.37 bits per heavy atom. The molecule has 0 radical (unpaired) electrons. The summed E-state index contributed by atoms with van der Waals surface area (Å²) in [6.45, 7) is 9.89. The normalized spacial score (nSPS) is 17.9. The summed E-state index contributed by atoms with van der Waals surface area (Å²) in [6.07, 6.45) is 2.43. The van der Waals surface area contributed by atoms with Crippen molar-refractivity contribution in [3.8, 4) is 0 Å². The molecule has 6 heteroatoms. The minimum absolute atomic E-state index is 0.595. The first-order valence-electron chi connectivity index (χ1n) is 7.16. The summed E-state index contributed by atoms with van der Waals surface area (Å²) in [4.78, 5) is 4.85. The summed E-state index contributed by atoms with van der Waals surface area (Å²) in [6, 6.07) is 1.26. The maximum Gasteiger partial charge on any atom is 0.209 e. The van der Waals surface area contributed by atoms with Crippen LogP contribution in [0.2, 0.25) is 0 Å². The Kier molecular flexibility index (Phi) is 4.99. The first-order valence-corrected chi connectivity index (χ1v) is 7.97. The van der Waals surface area contributed by atoms with Crippen LogP contribution in [0.25, 0.3) is 0 Å². The van der Waals surface area contributed by atoms with E-state index in [1.165, 1.54) is 25.9 Å². The van der Waals surface area contributed by atoms with Gasteiger partial charge in [-0.25, -0.2) is 0 Å². The topological polar surface area (TPSA) is 44.3 Å². The second-order valence-corrected chi connectivity index (χ2v) is 6.35. The molecule has 19 heavy (non-hydrogen) atoms. The third-order valence-electron chi connectivity index (χ3n) is 3.82.